The van der Waals surface area contributed by atoms with Crippen LogP contribution in [-0.4, -0.2) is 30.3 Å². The van der Waals surface area contributed by atoms with Crippen LogP contribution in [0.25, 0.3) is 0 Å². The van der Waals surface area contributed by atoms with E-state index in [0.717, 1.165) is 25.9 Å². The quantitative estimate of drug-likeness (QED) is 0.472. The van der Waals surface area contributed by atoms with Crippen molar-refractivity contribution in [1.29, 1.82) is 0 Å². The molecule has 1 aromatic rings. The Morgan fingerprint density at radius 1 is 1.04 bits per heavy atom. The minimum Gasteiger partial charge on any atom is -0.298 e. The Morgan fingerprint density at radius 3 is 2.35 bits per heavy atom. The van der Waals surface area contributed by atoms with Gasteiger partial charge in [-0.25, -0.2) is 0 Å². The summed E-state index contributed by atoms with van der Waals surface area (Å²) in [5.74, 6) is 1.02. The number of likely N-dealkylation sites (tertiary alicyclic amines) is 1. The lowest BCUT2D eigenvalue weighted by Gasteiger charge is -2.20. The molecule has 0 aromatic heterocycles. The van der Waals surface area contributed by atoms with Gasteiger partial charge in [-0.05, 0) is 41.8 Å². The molecule has 1 fully saturated rings. The third-order valence-corrected chi connectivity index (χ3v) is 5.73. The predicted molar refractivity (Wildman–Crippen MR) is 112 cm³/mol. The van der Waals surface area contributed by atoms with E-state index in [1.54, 1.807) is 0 Å². The Balaban J connectivity index is 1.70. The monoisotopic (exact) mass is 357 g/mol. The normalized spacial score (nSPS) is 18.4. The Morgan fingerprint density at radius 2 is 1.69 bits per heavy atom. The number of hydrogen-bond donors (Lipinski definition) is 0. The molecule has 2 rings (SSSR count). The zero-order valence-electron chi connectivity index (χ0n) is 17.5. The molecule has 1 aliphatic rings. The number of rotatable bonds is 10. The molecule has 1 aliphatic heterocycles. The molecule has 2 nitrogen and oxygen atoms in total. The Labute approximate surface area is 161 Å². The number of benzene rings is 1. The van der Waals surface area contributed by atoms with Crippen LogP contribution >= 0.6 is 0 Å². The predicted octanol–water partition coefficient (Wildman–Crippen LogP) is 6.09. The molecule has 1 unspecified atom stereocenters. The molecule has 1 aromatic carbocycles. The van der Waals surface area contributed by atoms with Crippen LogP contribution < -0.4 is 0 Å². The van der Waals surface area contributed by atoms with Crippen molar-refractivity contribution in [2.24, 2.45) is 0 Å². The number of Topliss-reactive ketones (excluding diaryl/α,β-unsaturated/α-hetero) is 1. The van der Waals surface area contributed by atoms with Crippen molar-refractivity contribution in [3.05, 3.63) is 35.4 Å². The van der Waals surface area contributed by atoms with Crippen LogP contribution in [0, 0.1) is 0 Å². The lowest BCUT2D eigenvalue weighted by atomic mass is 9.85. The molecule has 1 saturated heterocycles. The maximum Gasteiger partial charge on any atom is 0.146 e. The van der Waals surface area contributed by atoms with Gasteiger partial charge in [0.15, 0.2) is 0 Å². The van der Waals surface area contributed by atoms with Gasteiger partial charge in [0.25, 0.3) is 0 Å². The van der Waals surface area contributed by atoms with Gasteiger partial charge < -0.3 is 0 Å². The zero-order valence-corrected chi connectivity index (χ0v) is 17.5. The van der Waals surface area contributed by atoms with Crippen molar-refractivity contribution in [3.8, 4) is 0 Å². The largest absolute Gasteiger partial charge is 0.298 e. The van der Waals surface area contributed by atoms with Crippen LogP contribution in [0.3, 0.4) is 0 Å². The Kier molecular flexibility index (Phi) is 8.34. The van der Waals surface area contributed by atoms with E-state index < -0.39 is 0 Å². The molecule has 0 radical (unpaired) electrons. The SMILES string of the molecule is CCCCCCCCC(=O)CN1CCC(c2ccc(C(C)(C)C)cc2)C1. The minimum absolute atomic E-state index is 0.212. The van der Waals surface area contributed by atoms with E-state index in [1.165, 1.54) is 49.7 Å². The second-order valence-electron chi connectivity index (χ2n) is 9.15. The topological polar surface area (TPSA) is 20.3 Å². The second-order valence-corrected chi connectivity index (χ2v) is 9.15. The first-order chi connectivity index (χ1) is 12.4. The minimum atomic E-state index is 0.212. The van der Waals surface area contributed by atoms with E-state index in [9.17, 15) is 4.79 Å². The molecule has 146 valence electrons. The fourth-order valence-electron chi connectivity index (χ4n) is 3.93. The average Bonchev–Trinajstić information content (AvgIpc) is 3.06. The van der Waals surface area contributed by atoms with Gasteiger partial charge in [-0.1, -0.05) is 84.1 Å². The fourth-order valence-corrected chi connectivity index (χ4v) is 3.93. The van der Waals surface area contributed by atoms with E-state index in [-0.39, 0.29) is 5.41 Å². The van der Waals surface area contributed by atoms with E-state index in [1.807, 2.05) is 0 Å². The van der Waals surface area contributed by atoms with Crippen LogP contribution in [-0.2, 0) is 10.2 Å². The highest BCUT2D eigenvalue weighted by Crippen LogP contribution is 2.29. The van der Waals surface area contributed by atoms with Crippen LogP contribution in [0.15, 0.2) is 24.3 Å². The number of ketones is 1. The van der Waals surface area contributed by atoms with Gasteiger partial charge in [0.2, 0.25) is 0 Å². The number of carbonyl (C=O) groups excluding carboxylic acids is 1. The van der Waals surface area contributed by atoms with Gasteiger partial charge >= 0.3 is 0 Å². The third kappa shape index (κ3) is 6.87. The molecule has 0 saturated carbocycles. The van der Waals surface area contributed by atoms with Crippen molar-refractivity contribution in [2.75, 3.05) is 19.6 Å². The summed E-state index contributed by atoms with van der Waals surface area (Å²) in [5, 5.41) is 0. The standard InChI is InChI=1S/C24H39NO/c1-5-6-7-8-9-10-11-23(26)19-25-17-16-21(18-25)20-12-14-22(15-13-20)24(2,3)4/h12-15,21H,5-11,16-19H2,1-4H3. The molecular formula is C24H39NO. The summed E-state index contributed by atoms with van der Waals surface area (Å²) in [5.41, 5.74) is 3.04. The number of nitrogens with zero attached hydrogens (tertiary/aromatic N) is 1. The van der Waals surface area contributed by atoms with Gasteiger partial charge in [0.1, 0.15) is 5.78 Å². The first-order valence-corrected chi connectivity index (χ1v) is 10.7. The van der Waals surface area contributed by atoms with Gasteiger partial charge in [-0.15, -0.1) is 0 Å². The average molecular weight is 358 g/mol. The maximum atomic E-state index is 12.2. The summed E-state index contributed by atoms with van der Waals surface area (Å²) in [6.07, 6.45) is 9.48. The molecule has 0 amide bonds. The number of hydrogen-bond acceptors (Lipinski definition) is 2. The first kappa shape index (κ1) is 21.2. The Bertz CT molecular complexity index is 540. The second kappa shape index (κ2) is 10.3. The zero-order chi connectivity index (χ0) is 19.0. The van der Waals surface area contributed by atoms with Crippen molar-refractivity contribution in [3.63, 3.8) is 0 Å². The molecule has 2 heteroatoms. The van der Waals surface area contributed by atoms with Gasteiger partial charge in [-0.2, -0.15) is 0 Å². The van der Waals surface area contributed by atoms with Crippen molar-refractivity contribution >= 4 is 5.78 Å². The summed E-state index contributed by atoms with van der Waals surface area (Å²) < 4.78 is 0. The number of unbranched alkanes of at least 4 members (excludes halogenated alkanes) is 5. The maximum absolute atomic E-state index is 12.2. The van der Waals surface area contributed by atoms with E-state index >= 15 is 0 Å². The molecule has 26 heavy (non-hydrogen) atoms. The molecule has 0 spiro atoms. The van der Waals surface area contributed by atoms with Crippen molar-refractivity contribution in [2.45, 2.75) is 90.4 Å². The highest BCUT2D eigenvalue weighted by Gasteiger charge is 2.25. The van der Waals surface area contributed by atoms with Gasteiger partial charge in [0.05, 0.1) is 6.54 Å². The molecular weight excluding hydrogens is 318 g/mol. The van der Waals surface area contributed by atoms with Gasteiger partial charge in [-0.3, -0.25) is 9.69 Å². The van der Waals surface area contributed by atoms with Crippen LogP contribution in [0.1, 0.15) is 96.1 Å². The lowest BCUT2D eigenvalue weighted by Crippen LogP contribution is -2.27. The molecule has 1 atom stereocenters. The summed E-state index contributed by atoms with van der Waals surface area (Å²) in [6, 6.07) is 9.16. The number of carbonyl (C=O) groups is 1. The Hall–Kier alpha value is -1.15. The summed E-state index contributed by atoms with van der Waals surface area (Å²) in [4.78, 5) is 14.6. The van der Waals surface area contributed by atoms with Crippen LogP contribution in [0.5, 0.6) is 0 Å². The highest BCUT2D eigenvalue weighted by atomic mass is 16.1. The molecule has 1 heterocycles. The first-order valence-electron chi connectivity index (χ1n) is 10.7. The van der Waals surface area contributed by atoms with Crippen molar-refractivity contribution < 1.29 is 4.79 Å². The van der Waals surface area contributed by atoms with E-state index in [0.29, 0.717) is 18.2 Å². The van der Waals surface area contributed by atoms with Crippen LogP contribution in [0.4, 0.5) is 0 Å². The molecule has 0 aliphatic carbocycles. The molecule has 0 N–H and O–H groups in total. The third-order valence-electron chi connectivity index (χ3n) is 5.73. The van der Waals surface area contributed by atoms with E-state index in [4.69, 9.17) is 0 Å². The highest BCUT2D eigenvalue weighted by molar-refractivity contribution is 5.80. The summed E-state index contributed by atoms with van der Waals surface area (Å²) in [7, 11) is 0. The smallest absolute Gasteiger partial charge is 0.146 e. The van der Waals surface area contributed by atoms with Gasteiger partial charge in [0, 0.05) is 13.0 Å². The van der Waals surface area contributed by atoms with Crippen LogP contribution in [0.2, 0.25) is 0 Å². The van der Waals surface area contributed by atoms with E-state index in [2.05, 4.69) is 56.9 Å². The van der Waals surface area contributed by atoms with Crippen molar-refractivity contribution in [1.82, 2.24) is 4.90 Å². The fraction of sp³-hybridized carbons (Fsp3) is 0.708. The summed E-state index contributed by atoms with van der Waals surface area (Å²) >= 11 is 0. The summed E-state index contributed by atoms with van der Waals surface area (Å²) in [6.45, 7) is 11.8. The lowest BCUT2D eigenvalue weighted by molar-refractivity contribution is -0.120. The molecule has 0 bridgehead atoms.